The Hall–Kier alpha value is -0.970. The fraction of sp³-hybridized carbons (Fsp3) is 0.250. The summed E-state index contributed by atoms with van der Waals surface area (Å²) in [5.41, 5.74) is 2.22. The van der Waals surface area contributed by atoms with Gasteiger partial charge in [-0.25, -0.2) is 0 Å². The van der Waals surface area contributed by atoms with Crippen LogP contribution in [0.25, 0.3) is 0 Å². The van der Waals surface area contributed by atoms with Gasteiger partial charge in [0.1, 0.15) is 12.4 Å². The maximum atomic E-state index is 9.37. The second-order valence-electron chi connectivity index (χ2n) is 4.75. The molecule has 0 bridgehead atoms. The first-order chi connectivity index (χ1) is 9.78. The van der Waals surface area contributed by atoms with Crippen molar-refractivity contribution in [2.75, 3.05) is 6.61 Å². The number of benzene rings is 2. The predicted molar refractivity (Wildman–Crippen MR) is 85.4 cm³/mol. The van der Waals surface area contributed by atoms with Crippen molar-refractivity contribution in [2.45, 2.75) is 23.2 Å². The Morgan fingerprint density at radius 2 is 2.05 bits per heavy atom. The van der Waals surface area contributed by atoms with E-state index < -0.39 is 0 Å². The van der Waals surface area contributed by atoms with Crippen molar-refractivity contribution in [1.82, 2.24) is 0 Å². The molecular formula is C16H15BrO2S. The highest BCUT2D eigenvalue weighted by atomic mass is 79.9. The number of para-hydroxylation sites is 1. The van der Waals surface area contributed by atoms with Crippen LogP contribution < -0.4 is 4.74 Å². The van der Waals surface area contributed by atoms with E-state index >= 15 is 0 Å². The van der Waals surface area contributed by atoms with Crippen molar-refractivity contribution in [1.29, 1.82) is 0 Å². The quantitative estimate of drug-likeness (QED) is 0.902. The van der Waals surface area contributed by atoms with Crippen LogP contribution in [0.5, 0.6) is 5.75 Å². The third-order valence-electron chi connectivity index (χ3n) is 3.35. The molecule has 2 aromatic carbocycles. The maximum absolute atomic E-state index is 9.37. The molecular weight excluding hydrogens is 336 g/mol. The largest absolute Gasteiger partial charge is 0.491 e. The number of hydrogen-bond donors (Lipinski definition) is 1. The smallest absolute Gasteiger partial charge is 0.139 e. The molecule has 0 saturated carbocycles. The van der Waals surface area contributed by atoms with Crippen molar-refractivity contribution in [2.24, 2.45) is 0 Å². The molecule has 1 heterocycles. The standard InChI is InChI=1S/C16H15BrO2S/c17-14-6-3-5-12(9-18)16(14)19-10-13-8-11-4-1-2-7-15(11)20-13/h1-7,13,18H,8-10H2. The zero-order chi connectivity index (χ0) is 13.9. The number of thioether (sulfide) groups is 1. The number of rotatable bonds is 4. The van der Waals surface area contributed by atoms with E-state index in [1.54, 1.807) is 0 Å². The molecule has 1 atom stereocenters. The SMILES string of the molecule is OCc1cccc(Br)c1OCC1Cc2ccccc2S1. The average Bonchev–Trinajstić information content (AvgIpc) is 2.88. The van der Waals surface area contributed by atoms with E-state index in [2.05, 4.69) is 40.2 Å². The van der Waals surface area contributed by atoms with Crippen LogP contribution in [0.2, 0.25) is 0 Å². The third-order valence-corrected chi connectivity index (χ3v) is 5.26. The zero-order valence-electron chi connectivity index (χ0n) is 10.9. The highest BCUT2D eigenvalue weighted by molar-refractivity contribution is 9.10. The molecule has 4 heteroatoms. The summed E-state index contributed by atoms with van der Waals surface area (Å²) in [6, 6.07) is 14.2. The van der Waals surface area contributed by atoms with Crippen molar-refractivity contribution < 1.29 is 9.84 Å². The van der Waals surface area contributed by atoms with Crippen LogP contribution in [-0.4, -0.2) is 17.0 Å². The molecule has 0 amide bonds. The van der Waals surface area contributed by atoms with Crippen LogP contribution in [0.4, 0.5) is 0 Å². The monoisotopic (exact) mass is 350 g/mol. The van der Waals surface area contributed by atoms with Crippen LogP contribution in [0.3, 0.4) is 0 Å². The lowest BCUT2D eigenvalue weighted by atomic mass is 10.1. The van der Waals surface area contributed by atoms with Gasteiger partial charge in [0.15, 0.2) is 0 Å². The van der Waals surface area contributed by atoms with E-state index in [1.807, 2.05) is 30.0 Å². The Balaban J connectivity index is 1.67. The van der Waals surface area contributed by atoms with Gasteiger partial charge < -0.3 is 9.84 Å². The zero-order valence-corrected chi connectivity index (χ0v) is 13.3. The summed E-state index contributed by atoms with van der Waals surface area (Å²) in [6.07, 6.45) is 1.04. The Labute approximate surface area is 131 Å². The van der Waals surface area contributed by atoms with Gasteiger partial charge in [0.2, 0.25) is 0 Å². The molecule has 2 nitrogen and oxygen atoms in total. The fourth-order valence-corrected chi connectivity index (χ4v) is 4.10. The van der Waals surface area contributed by atoms with Crippen LogP contribution in [0.15, 0.2) is 51.8 Å². The summed E-state index contributed by atoms with van der Waals surface area (Å²) < 4.78 is 6.84. The minimum atomic E-state index is -0.00713. The van der Waals surface area contributed by atoms with Crippen molar-refractivity contribution >= 4 is 27.7 Å². The van der Waals surface area contributed by atoms with Gasteiger partial charge >= 0.3 is 0 Å². The third kappa shape index (κ3) is 2.87. The van der Waals surface area contributed by atoms with Gasteiger partial charge in [-0.2, -0.15) is 0 Å². The molecule has 0 aliphatic carbocycles. The molecule has 0 saturated heterocycles. The number of aliphatic hydroxyl groups excluding tert-OH is 1. The number of fused-ring (bicyclic) bond motifs is 1. The first-order valence-electron chi connectivity index (χ1n) is 6.53. The molecule has 104 valence electrons. The number of ether oxygens (including phenoxy) is 1. The van der Waals surface area contributed by atoms with Gasteiger partial charge in [0.05, 0.1) is 11.1 Å². The van der Waals surface area contributed by atoms with E-state index in [0.717, 1.165) is 22.2 Å². The normalized spacial score (nSPS) is 17.0. The Morgan fingerprint density at radius 1 is 1.20 bits per heavy atom. The summed E-state index contributed by atoms with van der Waals surface area (Å²) in [4.78, 5) is 1.36. The van der Waals surface area contributed by atoms with Gasteiger partial charge in [-0.1, -0.05) is 30.3 Å². The van der Waals surface area contributed by atoms with E-state index in [4.69, 9.17) is 4.74 Å². The lowest BCUT2D eigenvalue weighted by molar-refractivity contribution is 0.262. The summed E-state index contributed by atoms with van der Waals surface area (Å²) in [5, 5.41) is 9.81. The van der Waals surface area contributed by atoms with E-state index in [0.29, 0.717) is 11.9 Å². The Kier molecular flexibility index (Phi) is 4.34. The van der Waals surface area contributed by atoms with Gasteiger partial charge in [0, 0.05) is 15.7 Å². The lowest BCUT2D eigenvalue weighted by Crippen LogP contribution is -2.14. The first kappa shape index (κ1) is 14.0. The van der Waals surface area contributed by atoms with Crippen molar-refractivity contribution in [3.63, 3.8) is 0 Å². The molecule has 0 radical (unpaired) electrons. The molecule has 0 spiro atoms. The van der Waals surface area contributed by atoms with Gasteiger partial charge in [-0.15, -0.1) is 11.8 Å². The highest BCUT2D eigenvalue weighted by Gasteiger charge is 2.22. The molecule has 20 heavy (non-hydrogen) atoms. The predicted octanol–water partition coefficient (Wildman–Crippen LogP) is 4.04. The van der Waals surface area contributed by atoms with E-state index in [1.165, 1.54) is 10.5 Å². The summed E-state index contributed by atoms with van der Waals surface area (Å²) >= 11 is 5.35. The molecule has 1 N–H and O–H groups in total. The summed E-state index contributed by atoms with van der Waals surface area (Å²) in [5.74, 6) is 0.756. The van der Waals surface area contributed by atoms with Crippen LogP contribution in [0.1, 0.15) is 11.1 Å². The Bertz CT molecular complexity index is 590. The topological polar surface area (TPSA) is 29.5 Å². The van der Waals surface area contributed by atoms with E-state index in [9.17, 15) is 5.11 Å². The average molecular weight is 351 g/mol. The van der Waals surface area contributed by atoms with E-state index in [-0.39, 0.29) is 6.61 Å². The first-order valence-corrected chi connectivity index (χ1v) is 8.21. The maximum Gasteiger partial charge on any atom is 0.139 e. The van der Waals surface area contributed by atoms with Crippen molar-refractivity contribution in [3.05, 3.63) is 58.1 Å². The molecule has 2 aromatic rings. The van der Waals surface area contributed by atoms with Gasteiger partial charge in [-0.05, 0) is 40.0 Å². The lowest BCUT2D eigenvalue weighted by Gasteiger charge is -2.15. The second-order valence-corrected chi connectivity index (χ2v) is 6.95. The molecule has 1 aliphatic rings. The summed E-state index contributed by atoms with van der Waals surface area (Å²) in [6.45, 7) is 0.641. The summed E-state index contributed by atoms with van der Waals surface area (Å²) in [7, 11) is 0. The Morgan fingerprint density at radius 3 is 2.85 bits per heavy atom. The number of aliphatic hydroxyl groups is 1. The molecule has 0 aromatic heterocycles. The number of hydrogen-bond acceptors (Lipinski definition) is 3. The van der Waals surface area contributed by atoms with Gasteiger partial charge in [0.25, 0.3) is 0 Å². The van der Waals surface area contributed by atoms with Gasteiger partial charge in [-0.3, -0.25) is 0 Å². The molecule has 1 aliphatic heterocycles. The molecule has 3 rings (SSSR count). The van der Waals surface area contributed by atoms with Crippen LogP contribution >= 0.6 is 27.7 Å². The van der Waals surface area contributed by atoms with Crippen molar-refractivity contribution in [3.8, 4) is 5.75 Å². The second kappa shape index (κ2) is 6.20. The highest BCUT2D eigenvalue weighted by Crippen LogP contribution is 2.37. The molecule has 1 unspecified atom stereocenters. The van der Waals surface area contributed by atoms with Crippen LogP contribution in [-0.2, 0) is 13.0 Å². The fourth-order valence-electron chi connectivity index (χ4n) is 2.36. The van der Waals surface area contributed by atoms with Crippen LogP contribution in [0, 0.1) is 0 Å². The minimum Gasteiger partial charge on any atom is -0.491 e. The molecule has 0 fully saturated rings. The minimum absolute atomic E-state index is 0.00713. The number of halogens is 1.